The molecule has 7 heteroatoms. The SMILES string of the molecule is Cc1cc2c3c(c1)N(c1ccccc1)c1cc(-c4ccc5oc6cc7ccccc7cc6c5c4)cc4c1P3(=S)c1c(cc(-c3ccc5oc6cc7ccccc7cc6c5c3)cc1N2c1ccccc1)O4. The van der Waals surface area contributed by atoms with E-state index in [0.29, 0.717) is 0 Å². The van der Waals surface area contributed by atoms with Crippen LogP contribution in [0.4, 0.5) is 34.1 Å². The van der Waals surface area contributed by atoms with Crippen LogP contribution in [0, 0.1) is 6.92 Å². The van der Waals surface area contributed by atoms with Crippen LogP contribution in [0.2, 0.25) is 0 Å². The summed E-state index contributed by atoms with van der Waals surface area (Å²) in [6, 6.07) is 71.3. The highest BCUT2D eigenvalue weighted by Gasteiger charge is 2.51. The standard InChI is InChI=1S/C63H37N2O3PS/c1-36-24-51-61-52(25-36)65(46-18-6-3-7-19-46)54-31-44(42-21-23-56-48(29-42)50-27-38-13-9-11-15-40(38)33-58(50)67-56)35-60-63(54)69(61,70)62-53(64(51)45-16-4-2-5-17-45)30-43(34-59(62)68-60)41-20-22-55-47(28-41)49-26-37-12-8-10-14-39(37)32-57(49)66-55/h2-35H,1H3. The number of anilines is 6. The second-order valence-corrected chi connectivity index (χ2v) is 23.1. The molecule has 5 nitrogen and oxygen atoms in total. The predicted octanol–water partition coefficient (Wildman–Crippen LogP) is 16.9. The van der Waals surface area contributed by atoms with Gasteiger partial charge in [0.05, 0.1) is 39.4 Å². The van der Waals surface area contributed by atoms with Crippen LogP contribution in [0.5, 0.6) is 11.5 Å². The molecular formula is C63H37N2O3PS. The van der Waals surface area contributed by atoms with Crippen LogP contribution in [0.3, 0.4) is 0 Å². The zero-order chi connectivity index (χ0) is 46.0. The van der Waals surface area contributed by atoms with Crippen molar-refractivity contribution in [2.45, 2.75) is 6.92 Å². The number of hydrogen-bond acceptors (Lipinski definition) is 6. The first-order valence-electron chi connectivity index (χ1n) is 23.6. The van der Waals surface area contributed by atoms with Crippen molar-refractivity contribution < 1.29 is 13.6 Å². The van der Waals surface area contributed by atoms with E-state index in [1.54, 1.807) is 0 Å². The minimum atomic E-state index is -2.82. The van der Waals surface area contributed by atoms with E-state index in [2.05, 4.69) is 223 Å². The molecule has 0 saturated carbocycles. The van der Waals surface area contributed by atoms with Gasteiger partial charge in [-0.05, 0) is 165 Å². The van der Waals surface area contributed by atoms with Crippen LogP contribution in [0.25, 0.3) is 87.7 Å². The van der Waals surface area contributed by atoms with E-state index in [1.165, 1.54) is 16.1 Å². The molecule has 0 unspecified atom stereocenters. The number of para-hydroxylation sites is 2. The Kier molecular flexibility index (Phi) is 7.63. The van der Waals surface area contributed by atoms with E-state index in [0.717, 1.165) is 139 Å². The average Bonchev–Trinajstić information content (AvgIpc) is 3.93. The second kappa shape index (κ2) is 13.9. The van der Waals surface area contributed by atoms with Gasteiger partial charge in [0.2, 0.25) is 0 Å². The number of aryl methyl sites for hydroxylation is 1. The molecule has 0 spiro atoms. The summed E-state index contributed by atoms with van der Waals surface area (Å²) >= 11 is 7.49. The first-order chi connectivity index (χ1) is 34.4. The van der Waals surface area contributed by atoms with Crippen molar-refractivity contribution in [3.05, 3.63) is 212 Å². The van der Waals surface area contributed by atoms with Gasteiger partial charge >= 0.3 is 0 Å². The highest BCUT2D eigenvalue weighted by molar-refractivity contribution is 8.26. The molecule has 0 fully saturated rings. The molecule has 13 aromatic rings. The monoisotopic (exact) mass is 932 g/mol. The van der Waals surface area contributed by atoms with Gasteiger partial charge in [-0.2, -0.15) is 0 Å². The summed E-state index contributed by atoms with van der Waals surface area (Å²) in [5.41, 5.74) is 15.3. The lowest BCUT2D eigenvalue weighted by Gasteiger charge is -2.49. The van der Waals surface area contributed by atoms with Crippen molar-refractivity contribution in [1.82, 2.24) is 0 Å². The maximum absolute atomic E-state index is 7.49. The molecular weight excluding hydrogens is 896 g/mol. The van der Waals surface area contributed by atoms with Gasteiger partial charge in [-0.15, -0.1) is 0 Å². The number of hydrogen-bond donors (Lipinski definition) is 0. The molecule has 0 aliphatic carbocycles. The Morgan fingerprint density at radius 3 is 1.21 bits per heavy atom. The van der Waals surface area contributed by atoms with E-state index in [4.69, 9.17) is 25.4 Å². The first-order valence-corrected chi connectivity index (χ1v) is 26.4. The summed E-state index contributed by atoms with van der Waals surface area (Å²) in [6.07, 6.45) is 0. The summed E-state index contributed by atoms with van der Waals surface area (Å²) in [5, 5.41) is 12.4. The van der Waals surface area contributed by atoms with E-state index < -0.39 is 6.04 Å². The van der Waals surface area contributed by atoms with Crippen LogP contribution < -0.4 is 30.5 Å². The molecule has 0 saturated heterocycles. The molecule has 70 heavy (non-hydrogen) atoms. The van der Waals surface area contributed by atoms with Crippen LogP contribution in [0.1, 0.15) is 5.56 Å². The third kappa shape index (κ3) is 5.24. The molecule has 328 valence electrons. The summed E-state index contributed by atoms with van der Waals surface area (Å²) in [4.78, 5) is 4.86. The fraction of sp³-hybridized carbons (Fsp3) is 0.0159. The van der Waals surface area contributed by atoms with Crippen LogP contribution >= 0.6 is 6.04 Å². The Morgan fingerprint density at radius 2 is 0.757 bits per heavy atom. The molecule has 16 rings (SSSR count). The van der Waals surface area contributed by atoms with Gasteiger partial charge in [0.25, 0.3) is 0 Å². The van der Waals surface area contributed by atoms with Crippen LogP contribution in [0.15, 0.2) is 215 Å². The van der Waals surface area contributed by atoms with E-state index >= 15 is 0 Å². The summed E-state index contributed by atoms with van der Waals surface area (Å²) in [5.74, 6) is 1.59. The predicted molar refractivity (Wildman–Crippen MR) is 294 cm³/mol. The zero-order valence-electron chi connectivity index (χ0n) is 37.6. The van der Waals surface area contributed by atoms with Gasteiger partial charge in [0, 0.05) is 38.2 Å². The van der Waals surface area contributed by atoms with Gasteiger partial charge in [-0.3, -0.25) is 0 Å². The number of ether oxygens (including phenoxy) is 1. The van der Waals surface area contributed by atoms with Gasteiger partial charge in [-0.1, -0.05) is 109 Å². The fourth-order valence-electron chi connectivity index (χ4n) is 11.8. The zero-order valence-corrected chi connectivity index (χ0v) is 39.3. The normalized spacial score (nSPS) is 14.0. The second-order valence-electron chi connectivity index (χ2n) is 18.9. The number of furan rings is 2. The van der Waals surface area contributed by atoms with Crippen molar-refractivity contribution in [2.24, 2.45) is 0 Å². The summed E-state index contributed by atoms with van der Waals surface area (Å²) in [6.45, 7) is 2.21. The van der Waals surface area contributed by atoms with Gasteiger partial charge < -0.3 is 23.4 Å². The highest BCUT2D eigenvalue weighted by atomic mass is 32.4. The summed E-state index contributed by atoms with van der Waals surface area (Å²) < 4.78 is 20.5. The van der Waals surface area contributed by atoms with Gasteiger partial charge in [0.1, 0.15) is 33.8 Å². The lowest BCUT2D eigenvalue weighted by molar-refractivity contribution is 0.489. The third-order valence-corrected chi connectivity index (χ3v) is 19.7. The van der Waals surface area contributed by atoms with Crippen molar-refractivity contribution in [2.75, 3.05) is 9.80 Å². The number of fused-ring (bicyclic) bond motifs is 8. The van der Waals surface area contributed by atoms with E-state index in [9.17, 15) is 0 Å². The molecule has 0 N–H and O–H groups in total. The Labute approximate surface area is 407 Å². The van der Waals surface area contributed by atoms with Crippen LogP contribution in [-0.4, -0.2) is 0 Å². The number of nitrogens with zero attached hydrogens (tertiary/aromatic N) is 2. The Morgan fingerprint density at radius 1 is 0.357 bits per heavy atom. The van der Waals surface area contributed by atoms with Crippen LogP contribution in [-0.2, 0) is 11.8 Å². The third-order valence-electron chi connectivity index (χ3n) is 14.8. The Hall–Kier alpha value is -8.41. The topological polar surface area (TPSA) is 42.0 Å². The van der Waals surface area contributed by atoms with Crippen molar-refractivity contribution in [3.63, 3.8) is 0 Å². The van der Waals surface area contributed by atoms with E-state index in [-0.39, 0.29) is 0 Å². The molecule has 5 heterocycles. The molecule has 11 aromatic carbocycles. The van der Waals surface area contributed by atoms with Gasteiger partial charge in [0.15, 0.2) is 0 Å². The first kappa shape index (κ1) is 38.5. The van der Waals surface area contributed by atoms with Crippen molar-refractivity contribution >= 4 is 133 Å². The van der Waals surface area contributed by atoms with Gasteiger partial charge in [-0.25, -0.2) is 0 Å². The molecule has 2 aromatic heterocycles. The molecule has 3 aliphatic heterocycles. The largest absolute Gasteiger partial charge is 0.456 e. The lowest BCUT2D eigenvalue weighted by atomic mass is 9.98. The Balaban J connectivity index is 0.969. The van der Waals surface area contributed by atoms with Crippen molar-refractivity contribution in [3.8, 4) is 33.8 Å². The highest BCUT2D eigenvalue weighted by Crippen LogP contribution is 2.67. The molecule has 0 radical (unpaired) electrons. The molecule has 0 amide bonds. The maximum atomic E-state index is 7.49. The maximum Gasteiger partial charge on any atom is 0.139 e. The average molecular weight is 933 g/mol. The molecule has 0 atom stereocenters. The minimum absolute atomic E-state index is 0.795. The van der Waals surface area contributed by atoms with Crippen molar-refractivity contribution in [1.29, 1.82) is 0 Å². The Bertz CT molecular complexity index is 4240. The fourth-order valence-corrected chi connectivity index (χ4v) is 16.9. The minimum Gasteiger partial charge on any atom is -0.456 e. The number of benzene rings is 11. The molecule has 0 bridgehead atoms. The molecule has 3 aliphatic rings. The quantitative estimate of drug-likeness (QED) is 0.164. The summed E-state index contributed by atoms with van der Waals surface area (Å²) in [7, 11) is 0. The van der Waals surface area contributed by atoms with E-state index in [1.807, 2.05) is 0 Å². The smallest absolute Gasteiger partial charge is 0.139 e. The lowest BCUT2D eigenvalue weighted by Crippen LogP contribution is -2.45. The number of rotatable bonds is 4.